The number of para-hydroxylation sites is 2. The molecule has 0 bridgehead atoms. The van der Waals surface area contributed by atoms with Gasteiger partial charge in [0, 0.05) is 24.3 Å². The van der Waals surface area contributed by atoms with Gasteiger partial charge in [0.15, 0.2) is 5.82 Å². The lowest BCUT2D eigenvalue weighted by molar-refractivity contribution is 0.477. The SMILES string of the molecule is Oc1c(Cl)cccc1-c1nc(NCc2cccnc2)c2ccccc2n1. The minimum atomic E-state index is -0.0253. The van der Waals surface area contributed by atoms with E-state index in [2.05, 4.69) is 20.3 Å². The molecule has 0 saturated heterocycles. The zero-order valence-electron chi connectivity index (χ0n) is 13.7. The molecule has 2 aromatic carbocycles. The first-order valence-corrected chi connectivity index (χ1v) is 8.47. The van der Waals surface area contributed by atoms with Gasteiger partial charge in [-0.05, 0) is 35.9 Å². The van der Waals surface area contributed by atoms with Gasteiger partial charge >= 0.3 is 0 Å². The fourth-order valence-electron chi connectivity index (χ4n) is 2.72. The molecule has 0 unspecified atom stereocenters. The van der Waals surface area contributed by atoms with Crippen LogP contribution in [0.25, 0.3) is 22.3 Å². The molecule has 4 aromatic rings. The predicted molar refractivity (Wildman–Crippen MR) is 103 cm³/mol. The maximum Gasteiger partial charge on any atom is 0.165 e. The molecule has 6 heteroatoms. The number of nitrogens with zero attached hydrogens (tertiary/aromatic N) is 3. The second-order valence-corrected chi connectivity index (χ2v) is 6.17. The molecule has 2 aromatic heterocycles. The van der Waals surface area contributed by atoms with Crippen molar-refractivity contribution in [3.8, 4) is 17.1 Å². The third-order valence-electron chi connectivity index (χ3n) is 4.01. The molecule has 2 N–H and O–H groups in total. The molecule has 0 fully saturated rings. The number of anilines is 1. The van der Waals surface area contributed by atoms with Crippen LogP contribution in [0.4, 0.5) is 5.82 Å². The maximum absolute atomic E-state index is 10.3. The Morgan fingerprint density at radius 1 is 0.962 bits per heavy atom. The molecule has 4 rings (SSSR count). The molecule has 0 atom stereocenters. The van der Waals surface area contributed by atoms with Gasteiger partial charge in [0.25, 0.3) is 0 Å². The highest BCUT2D eigenvalue weighted by Gasteiger charge is 2.14. The van der Waals surface area contributed by atoms with Gasteiger partial charge in [-0.25, -0.2) is 9.97 Å². The number of benzene rings is 2. The number of halogens is 1. The highest BCUT2D eigenvalue weighted by atomic mass is 35.5. The van der Waals surface area contributed by atoms with Crippen LogP contribution in [0, 0.1) is 0 Å². The normalized spacial score (nSPS) is 10.8. The molecule has 0 spiro atoms. The first-order chi connectivity index (χ1) is 12.7. The lowest BCUT2D eigenvalue weighted by atomic mass is 10.1. The van der Waals surface area contributed by atoms with Gasteiger partial charge in [0.2, 0.25) is 0 Å². The summed E-state index contributed by atoms with van der Waals surface area (Å²) in [5, 5.41) is 14.8. The van der Waals surface area contributed by atoms with Gasteiger partial charge in [0.1, 0.15) is 11.6 Å². The number of fused-ring (bicyclic) bond motifs is 1. The van der Waals surface area contributed by atoms with Crippen LogP contribution in [-0.2, 0) is 6.54 Å². The number of hydrogen-bond acceptors (Lipinski definition) is 5. The number of aromatic nitrogens is 3. The van der Waals surface area contributed by atoms with Crippen LogP contribution < -0.4 is 5.32 Å². The molecule has 128 valence electrons. The number of phenols is 1. The fourth-order valence-corrected chi connectivity index (χ4v) is 2.89. The van der Waals surface area contributed by atoms with Crippen molar-refractivity contribution in [1.82, 2.24) is 15.0 Å². The number of rotatable bonds is 4. The monoisotopic (exact) mass is 362 g/mol. The Morgan fingerprint density at radius 3 is 2.69 bits per heavy atom. The highest BCUT2D eigenvalue weighted by Crippen LogP contribution is 2.35. The highest BCUT2D eigenvalue weighted by molar-refractivity contribution is 6.32. The van der Waals surface area contributed by atoms with Gasteiger partial charge in [-0.15, -0.1) is 0 Å². The summed E-state index contributed by atoms with van der Waals surface area (Å²) in [5.41, 5.74) is 2.32. The van der Waals surface area contributed by atoms with Gasteiger partial charge in [-0.1, -0.05) is 35.9 Å². The molecule has 5 nitrogen and oxygen atoms in total. The molecule has 26 heavy (non-hydrogen) atoms. The molecule has 0 aliphatic rings. The van der Waals surface area contributed by atoms with Crippen LogP contribution in [0.5, 0.6) is 5.75 Å². The first-order valence-electron chi connectivity index (χ1n) is 8.10. The summed E-state index contributed by atoms with van der Waals surface area (Å²) in [6.45, 7) is 0.579. The van der Waals surface area contributed by atoms with Gasteiger partial charge < -0.3 is 10.4 Å². The smallest absolute Gasteiger partial charge is 0.165 e. The van der Waals surface area contributed by atoms with Gasteiger partial charge in [-0.3, -0.25) is 4.98 Å². The maximum atomic E-state index is 10.3. The fraction of sp³-hybridized carbons (Fsp3) is 0.0500. The summed E-state index contributed by atoms with van der Waals surface area (Å²) in [7, 11) is 0. The van der Waals surface area contributed by atoms with E-state index in [-0.39, 0.29) is 10.8 Å². The first kappa shape index (κ1) is 16.3. The third-order valence-corrected chi connectivity index (χ3v) is 4.32. The Hall–Kier alpha value is -3.18. The summed E-state index contributed by atoms with van der Waals surface area (Å²) < 4.78 is 0. The van der Waals surface area contributed by atoms with Crippen LogP contribution in [0.2, 0.25) is 5.02 Å². The van der Waals surface area contributed by atoms with E-state index in [1.807, 2.05) is 36.4 Å². The van der Waals surface area contributed by atoms with Crippen LogP contribution >= 0.6 is 11.6 Å². The van der Waals surface area contributed by atoms with Crippen molar-refractivity contribution in [2.45, 2.75) is 6.54 Å². The van der Waals surface area contributed by atoms with Crippen molar-refractivity contribution < 1.29 is 5.11 Å². The van der Waals surface area contributed by atoms with E-state index < -0.39 is 0 Å². The summed E-state index contributed by atoms with van der Waals surface area (Å²) >= 11 is 6.03. The van der Waals surface area contributed by atoms with Crippen LogP contribution in [0.1, 0.15) is 5.56 Å². The van der Waals surface area contributed by atoms with E-state index in [0.717, 1.165) is 16.5 Å². The summed E-state index contributed by atoms with van der Waals surface area (Å²) in [6, 6.07) is 16.8. The predicted octanol–water partition coefficient (Wildman–Crippen LogP) is 4.66. The molecule has 0 aliphatic carbocycles. The van der Waals surface area contributed by atoms with Crippen LogP contribution in [-0.4, -0.2) is 20.1 Å². The number of aromatic hydroxyl groups is 1. The van der Waals surface area contributed by atoms with Gasteiger partial charge in [-0.2, -0.15) is 0 Å². The summed E-state index contributed by atoms with van der Waals surface area (Å²) in [4.78, 5) is 13.3. The summed E-state index contributed by atoms with van der Waals surface area (Å²) in [6.07, 6.45) is 3.55. The van der Waals surface area contributed by atoms with Crippen molar-refractivity contribution in [2.24, 2.45) is 0 Å². The zero-order valence-corrected chi connectivity index (χ0v) is 14.5. The molecule has 2 heterocycles. The molecule has 0 radical (unpaired) electrons. The molecule has 0 saturated carbocycles. The van der Waals surface area contributed by atoms with E-state index in [1.54, 1.807) is 30.6 Å². The van der Waals surface area contributed by atoms with Gasteiger partial charge in [0.05, 0.1) is 16.1 Å². The Bertz CT molecular complexity index is 1070. The van der Waals surface area contributed by atoms with Crippen LogP contribution in [0.15, 0.2) is 67.0 Å². The van der Waals surface area contributed by atoms with E-state index in [9.17, 15) is 5.11 Å². The Kier molecular flexibility index (Phi) is 4.37. The minimum Gasteiger partial charge on any atom is -0.506 e. The molecule has 0 amide bonds. The van der Waals surface area contributed by atoms with E-state index in [1.165, 1.54) is 0 Å². The number of pyridine rings is 1. The lowest BCUT2D eigenvalue weighted by Gasteiger charge is -2.12. The minimum absolute atomic E-state index is 0.0253. The molecular formula is C20H15ClN4O. The topological polar surface area (TPSA) is 70.9 Å². The summed E-state index contributed by atoms with van der Waals surface area (Å²) in [5.74, 6) is 1.08. The Morgan fingerprint density at radius 2 is 1.85 bits per heavy atom. The van der Waals surface area contributed by atoms with E-state index in [0.29, 0.717) is 23.8 Å². The molecular weight excluding hydrogens is 348 g/mol. The largest absolute Gasteiger partial charge is 0.506 e. The van der Waals surface area contributed by atoms with Crippen molar-refractivity contribution in [1.29, 1.82) is 0 Å². The second-order valence-electron chi connectivity index (χ2n) is 5.76. The second kappa shape index (κ2) is 6.98. The average molecular weight is 363 g/mol. The number of hydrogen-bond donors (Lipinski definition) is 2. The van der Waals surface area contributed by atoms with E-state index in [4.69, 9.17) is 11.6 Å². The number of phenolic OH excluding ortho intramolecular Hbond substituents is 1. The quantitative estimate of drug-likeness (QED) is 0.552. The van der Waals surface area contributed by atoms with Crippen molar-refractivity contribution in [3.63, 3.8) is 0 Å². The van der Waals surface area contributed by atoms with Crippen LogP contribution in [0.3, 0.4) is 0 Å². The zero-order chi connectivity index (χ0) is 17.9. The Balaban J connectivity index is 1.79. The molecule has 0 aliphatic heterocycles. The van der Waals surface area contributed by atoms with Crippen molar-refractivity contribution >= 4 is 28.3 Å². The number of nitrogens with one attached hydrogen (secondary N) is 1. The lowest BCUT2D eigenvalue weighted by Crippen LogP contribution is -2.04. The average Bonchev–Trinajstić information content (AvgIpc) is 2.69. The van der Waals surface area contributed by atoms with Crippen molar-refractivity contribution in [3.05, 3.63) is 77.6 Å². The Labute approximate surface area is 155 Å². The van der Waals surface area contributed by atoms with Crippen molar-refractivity contribution in [2.75, 3.05) is 5.32 Å². The third kappa shape index (κ3) is 3.17. The van der Waals surface area contributed by atoms with E-state index >= 15 is 0 Å². The standard InChI is InChI=1S/C20H15ClN4O/c21-16-8-3-7-15(18(16)26)20-24-17-9-2-1-6-14(17)19(25-20)23-12-13-5-4-10-22-11-13/h1-11,26H,12H2,(H,23,24,25).